The van der Waals surface area contributed by atoms with Crippen molar-refractivity contribution in [2.75, 3.05) is 7.05 Å². The second-order valence-electron chi connectivity index (χ2n) is 3.37. The number of nitrogens with zero attached hydrogens (tertiary/aromatic N) is 1. The Labute approximate surface area is 106 Å². The van der Waals surface area contributed by atoms with Gasteiger partial charge in [-0.1, -0.05) is 35.3 Å². The Morgan fingerprint density at radius 2 is 1.94 bits per heavy atom. The number of alkyl halides is 3. The fourth-order valence-electron chi connectivity index (χ4n) is 1.21. The number of rotatable bonds is 2. The Balaban J connectivity index is 2.85. The summed E-state index contributed by atoms with van der Waals surface area (Å²) in [6.45, 7) is -0.252. The van der Waals surface area contributed by atoms with Crippen LogP contribution in [0.2, 0.25) is 10.0 Å². The van der Waals surface area contributed by atoms with E-state index in [9.17, 15) is 18.0 Å². The lowest BCUT2D eigenvalue weighted by atomic mass is 10.2. The molecule has 1 aromatic carbocycles. The first-order chi connectivity index (χ1) is 7.73. The molecule has 1 amide bonds. The molecule has 0 heterocycles. The van der Waals surface area contributed by atoms with E-state index in [2.05, 4.69) is 0 Å². The van der Waals surface area contributed by atoms with Crippen molar-refractivity contribution in [3.63, 3.8) is 0 Å². The molecule has 0 saturated carbocycles. The highest BCUT2D eigenvalue weighted by molar-refractivity contribution is 6.42. The van der Waals surface area contributed by atoms with E-state index < -0.39 is 12.1 Å². The number of hydrogen-bond donors (Lipinski definition) is 0. The fourth-order valence-corrected chi connectivity index (χ4v) is 1.59. The van der Waals surface area contributed by atoms with Crippen molar-refractivity contribution in [2.45, 2.75) is 12.7 Å². The van der Waals surface area contributed by atoms with Crippen LogP contribution in [-0.2, 0) is 11.3 Å². The van der Waals surface area contributed by atoms with E-state index in [1.807, 2.05) is 0 Å². The molecule has 0 unspecified atom stereocenters. The molecule has 0 bridgehead atoms. The van der Waals surface area contributed by atoms with E-state index in [1.165, 1.54) is 12.1 Å². The average Bonchev–Trinajstić information content (AvgIpc) is 2.22. The van der Waals surface area contributed by atoms with E-state index >= 15 is 0 Å². The molecule has 7 heteroatoms. The van der Waals surface area contributed by atoms with Gasteiger partial charge in [-0.05, 0) is 11.6 Å². The van der Waals surface area contributed by atoms with Crippen molar-refractivity contribution in [1.82, 2.24) is 4.90 Å². The zero-order valence-corrected chi connectivity index (χ0v) is 10.2. The second kappa shape index (κ2) is 5.14. The Bertz CT molecular complexity index is 434. The lowest BCUT2D eigenvalue weighted by Gasteiger charge is -2.19. The molecule has 0 radical (unpaired) electrons. The Morgan fingerprint density at radius 1 is 1.35 bits per heavy atom. The predicted octanol–water partition coefficient (Wildman–Crippen LogP) is 3.51. The number of halogens is 5. The Hall–Kier alpha value is -0.940. The molecule has 94 valence electrons. The third-order valence-electron chi connectivity index (χ3n) is 2.03. The van der Waals surface area contributed by atoms with Gasteiger partial charge in [-0.25, -0.2) is 0 Å². The fraction of sp³-hybridized carbons (Fsp3) is 0.300. The molecular formula is C10H8Cl2F3NO. The van der Waals surface area contributed by atoms with Gasteiger partial charge in [0.05, 0.1) is 10.0 Å². The Kier molecular flexibility index (Phi) is 4.27. The molecule has 0 aliphatic heterocycles. The van der Waals surface area contributed by atoms with Crippen LogP contribution < -0.4 is 0 Å². The highest BCUT2D eigenvalue weighted by Crippen LogP contribution is 2.27. The van der Waals surface area contributed by atoms with Gasteiger partial charge in [-0.2, -0.15) is 13.2 Å². The lowest BCUT2D eigenvalue weighted by Crippen LogP contribution is -2.38. The third kappa shape index (κ3) is 3.51. The molecule has 1 rings (SSSR count). The molecule has 0 fully saturated rings. The van der Waals surface area contributed by atoms with Gasteiger partial charge in [-0.3, -0.25) is 4.79 Å². The highest BCUT2D eigenvalue weighted by atomic mass is 35.5. The van der Waals surface area contributed by atoms with Gasteiger partial charge < -0.3 is 4.90 Å². The summed E-state index contributed by atoms with van der Waals surface area (Å²) in [5, 5.41) is 0.382. The minimum absolute atomic E-state index is 0.149. The molecule has 0 spiro atoms. The van der Waals surface area contributed by atoms with Gasteiger partial charge in [-0.15, -0.1) is 0 Å². The molecule has 0 aromatic heterocycles. The molecule has 17 heavy (non-hydrogen) atoms. The van der Waals surface area contributed by atoms with Crippen molar-refractivity contribution in [3.05, 3.63) is 33.8 Å². The van der Waals surface area contributed by atoms with Gasteiger partial charge >= 0.3 is 12.1 Å². The van der Waals surface area contributed by atoms with Gasteiger partial charge in [0, 0.05) is 13.6 Å². The van der Waals surface area contributed by atoms with Crippen molar-refractivity contribution >= 4 is 29.1 Å². The van der Waals surface area contributed by atoms with Crippen molar-refractivity contribution in [3.8, 4) is 0 Å². The van der Waals surface area contributed by atoms with Crippen molar-refractivity contribution in [2.24, 2.45) is 0 Å². The van der Waals surface area contributed by atoms with Crippen LogP contribution in [0.1, 0.15) is 5.56 Å². The summed E-state index contributed by atoms with van der Waals surface area (Å²) in [6.07, 6.45) is -4.89. The van der Waals surface area contributed by atoms with Crippen LogP contribution in [-0.4, -0.2) is 24.0 Å². The topological polar surface area (TPSA) is 20.3 Å². The van der Waals surface area contributed by atoms with E-state index in [0.717, 1.165) is 7.05 Å². The monoisotopic (exact) mass is 285 g/mol. The maximum Gasteiger partial charge on any atom is 0.471 e. The summed E-state index contributed by atoms with van der Waals surface area (Å²) in [5.74, 6) is -1.92. The van der Waals surface area contributed by atoms with Crippen LogP contribution >= 0.6 is 23.2 Å². The van der Waals surface area contributed by atoms with Crippen LogP contribution in [0.15, 0.2) is 18.2 Å². The van der Waals surface area contributed by atoms with E-state index in [0.29, 0.717) is 10.5 Å². The SMILES string of the molecule is CN(Cc1cccc(Cl)c1Cl)C(=O)C(F)(F)F. The maximum atomic E-state index is 12.1. The molecular weight excluding hydrogens is 278 g/mol. The average molecular weight is 286 g/mol. The summed E-state index contributed by atoms with van der Waals surface area (Å²) in [7, 11) is 1.05. The first kappa shape index (κ1) is 14.1. The highest BCUT2D eigenvalue weighted by Gasteiger charge is 2.41. The molecule has 0 atom stereocenters. The lowest BCUT2D eigenvalue weighted by molar-refractivity contribution is -0.184. The minimum Gasteiger partial charge on any atom is -0.334 e. The smallest absolute Gasteiger partial charge is 0.334 e. The van der Waals surface area contributed by atoms with E-state index in [4.69, 9.17) is 23.2 Å². The van der Waals surface area contributed by atoms with Crippen LogP contribution in [0.4, 0.5) is 13.2 Å². The molecule has 0 N–H and O–H groups in total. The summed E-state index contributed by atoms with van der Waals surface area (Å²) in [6, 6.07) is 4.57. The quantitative estimate of drug-likeness (QED) is 0.814. The first-order valence-corrected chi connectivity index (χ1v) is 5.24. The Morgan fingerprint density at radius 3 is 2.47 bits per heavy atom. The van der Waals surface area contributed by atoms with E-state index in [1.54, 1.807) is 6.07 Å². The maximum absolute atomic E-state index is 12.1. The zero-order valence-electron chi connectivity index (χ0n) is 8.68. The second-order valence-corrected chi connectivity index (χ2v) is 4.16. The van der Waals surface area contributed by atoms with Crippen molar-refractivity contribution in [1.29, 1.82) is 0 Å². The largest absolute Gasteiger partial charge is 0.471 e. The molecule has 1 aromatic rings. The van der Waals surface area contributed by atoms with Gasteiger partial charge in [0.2, 0.25) is 0 Å². The normalized spacial score (nSPS) is 11.4. The molecule has 0 saturated heterocycles. The number of carbonyl (C=O) groups is 1. The van der Waals surface area contributed by atoms with Crippen LogP contribution in [0, 0.1) is 0 Å². The van der Waals surface area contributed by atoms with Gasteiger partial charge in [0.1, 0.15) is 0 Å². The predicted molar refractivity (Wildman–Crippen MR) is 59.0 cm³/mol. The minimum atomic E-state index is -4.89. The summed E-state index contributed by atoms with van der Waals surface area (Å²) < 4.78 is 36.4. The number of amides is 1. The number of benzene rings is 1. The molecule has 0 aliphatic carbocycles. The summed E-state index contributed by atoms with van der Waals surface area (Å²) in [5.41, 5.74) is 0.360. The van der Waals surface area contributed by atoms with Gasteiger partial charge in [0.15, 0.2) is 0 Å². The molecule has 2 nitrogen and oxygen atoms in total. The van der Waals surface area contributed by atoms with E-state index in [-0.39, 0.29) is 16.6 Å². The van der Waals surface area contributed by atoms with Gasteiger partial charge in [0.25, 0.3) is 0 Å². The van der Waals surface area contributed by atoms with Crippen LogP contribution in [0.25, 0.3) is 0 Å². The first-order valence-electron chi connectivity index (χ1n) is 4.48. The number of hydrogen-bond acceptors (Lipinski definition) is 1. The zero-order chi connectivity index (χ0) is 13.2. The van der Waals surface area contributed by atoms with Crippen LogP contribution in [0.5, 0.6) is 0 Å². The number of carbonyl (C=O) groups excluding carboxylic acids is 1. The summed E-state index contributed by atoms with van der Waals surface area (Å²) >= 11 is 11.5. The third-order valence-corrected chi connectivity index (χ3v) is 2.89. The van der Waals surface area contributed by atoms with Crippen LogP contribution in [0.3, 0.4) is 0 Å². The molecule has 0 aliphatic rings. The van der Waals surface area contributed by atoms with Crippen molar-refractivity contribution < 1.29 is 18.0 Å². The summed E-state index contributed by atoms with van der Waals surface area (Å²) in [4.78, 5) is 11.4. The standard InChI is InChI=1S/C10H8Cl2F3NO/c1-16(9(17)10(13,14)15)5-6-3-2-4-7(11)8(6)12/h2-4H,5H2,1H3.